The molecule has 0 bridgehead atoms. The van der Waals surface area contributed by atoms with Gasteiger partial charge in [0.1, 0.15) is 17.2 Å². The lowest BCUT2D eigenvalue weighted by molar-refractivity contribution is 0.0572. The minimum absolute atomic E-state index is 0.426. The molecule has 1 aliphatic rings. The number of carbonyl (C=O) groups excluding carboxylic acids is 1. The van der Waals surface area contributed by atoms with Gasteiger partial charge in [-0.2, -0.15) is 10.4 Å². The van der Waals surface area contributed by atoms with Crippen molar-refractivity contribution in [1.29, 1.82) is 5.26 Å². The zero-order valence-corrected chi connectivity index (χ0v) is 11.7. The van der Waals surface area contributed by atoms with Crippen LogP contribution >= 0.6 is 0 Å². The van der Waals surface area contributed by atoms with Crippen LogP contribution in [0.5, 0.6) is 0 Å². The van der Waals surface area contributed by atoms with Crippen molar-refractivity contribution in [1.82, 2.24) is 9.78 Å². The molecule has 0 spiro atoms. The van der Waals surface area contributed by atoms with E-state index in [-0.39, 0.29) is 0 Å². The quantitative estimate of drug-likeness (QED) is 0.718. The van der Waals surface area contributed by atoms with E-state index in [1.807, 2.05) is 20.8 Å². The van der Waals surface area contributed by atoms with Gasteiger partial charge in [-0.25, -0.2) is 9.48 Å². The lowest BCUT2D eigenvalue weighted by Crippen LogP contribution is -2.41. The van der Waals surface area contributed by atoms with Crippen LogP contribution in [-0.2, 0) is 11.3 Å². The van der Waals surface area contributed by atoms with Crippen molar-refractivity contribution in [3.8, 4) is 6.07 Å². The predicted octanol–water partition coefficient (Wildman–Crippen LogP) is 2.21. The summed E-state index contributed by atoms with van der Waals surface area (Å²) in [6.07, 6.45) is 0.378. The van der Waals surface area contributed by atoms with Crippen LogP contribution in [0.4, 0.5) is 10.6 Å². The first kappa shape index (κ1) is 13.4. The fourth-order valence-electron chi connectivity index (χ4n) is 2.11. The molecule has 2 rings (SSSR count). The van der Waals surface area contributed by atoms with E-state index < -0.39 is 11.7 Å². The van der Waals surface area contributed by atoms with Crippen molar-refractivity contribution in [2.45, 2.75) is 46.3 Å². The topological polar surface area (TPSA) is 71.2 Å². The number of fused-ring (bicyclic) bond motifs is 1. The van der Waals surface area contributed by atoms with Crippen LogP contribution in [0.15, 0.2) is 0 Å². The molecule has 0 radical (unpaired) electrons. The molecule has 0 aromatic carbocycles. The van der Waals surface area contributed by atoms with Crippen LogP contribution in [0, 0.1) is 18.3 Å². The molecule has 102 valence electrons. The second-order valence-corrected chi connectivity index (χ2v) is 5.60. The highest BCUT2D eigenvalue weighted by molar-refractivity contribution is 5.89. The highest BCUT2D eigenvalue weighted by atomic mass is 16.6. The number of aryl methyl sites for hydroxylation is 2. The molecular weight excluding hydrogens is 244 g/mol. The molecule has 0 unspecified atom stereocenters. The summed E-state index contributed by atoms with van der Waals surface area (Å²) in [4.78, 5) is 13.7. The molecule has 0 fully saturated rings. The van der Waals surface area contributed by atoms with Crippen LogP contribution in [0.25, 0.3) is 0 Å². The second kappa shape index (κ2) is 4.57. The van der Waals surface area contributed by atoms with Crippen LogP contribution in [0.2, 0.25) is 0 Å². The summed E-state index contributed by atoms with van der Waals surface area (Å²) in [6.45, 7) is 8.51. The maximum Gasteiger partial charge on any atom is 0.416 e. The fourth-order valence-corrected chi connectivity index (χ4v) is 2.11. The molecule has 0 N–H and O–H groups in total. The van der Waals surface area contributed by atoms with Crippen molar-refractivity contribution in [3.63, 3.8) is 0 Å². The van der Waals surface area contributed by atoms with Gasteiger partial charge in [0, 0.05) is 13.1 Å². The summed E-state index contributed by atoms with van der Waals surface area (Å²) >= 11 is 0. The van der Waals surface area contributed by atoms with E-state index in [1.165, 1.54) is 4.90 Å². The number of carbonyl (C=O) groups is 1. The smallest absolute Gasteiger partial charge is 0.416 e. The van der Waals surface area contributed by atoms with Crippen molar-refractivity contribution >= 4 is 11.9 Å². The van der Waals surface area contributed by atoms with Gasteiger partial charge in [0.2, 0.25) is 0 Å². The van der Waals surface area contributed by atoms with Crippen molar-refractivity contribution in [3.05, 3.63) is 11.3 Å². The average Bonchev–Trinajstić information content (AvgIpc) is 2.61. The summed E-state index contributed by atoms with van der Waals surface area (Å²) in [5, 5.41) is 13.5. The highest BCUT2D eigenvalue weighted by Gasteiger charge is 2.31. The minimum atomic E-state index is -0.554. The molecule has 1 aromatic rings. The Kier molecular flexibility index (Phi) is 3.23. The van der Waals surface area contributed by atoms with Crippen LogP contribution in [0.3, 0.4) is 0 Å². The van der Waals surface area contributed by atoms with Gasteiger partial charge < -0.3 is 4.74 Å². The van der Waals surface area contributed by atoms with E-state index in [9.17, 15) is 10.1 Å². The molecule has 1 aromatic heterocycles. The van der Waals surface area contributed by atoms with E-state index in [0.29, 0.717) is 23.6 Å². The van der Waals surface area contributed by atoms with Crippen molar-refractivity contribution < 1.29 is 9.53 Å². The number of amides is 1. The molecule has 1 amide bonds. The Bertz CT molecular complexity index is 548. The lowest BCUT2D eigenvalue weighted by Gasteiger charge is -2.30. The number of ether oxygens (including phenoxy) is 1. The first-order valence-corrected chi connectivity index (χ1v) is 6.31. The maximum atomic E-state index is 12.2. The number of nitriles is 1. The maximum absolute atomic E-state index is 12.2. The third-order valence-corrected chi connectivity index (χ3v) is 2.83. The summed E-state index contributed by atoms with van der Waals surface area (Å²) in [7, 11) is 0. The lowest BCUT2D eigenvalue weighted by atomic mass is 10.2. The van der Waals surface area contributed by atoms with Gasteiger partial charge in [-0.1, -0.05) is 0 Å². The Morgan fingerprint density at radius 3 is 2.68 bits per heavy atom. The fraction of sp³-hybridized carbons (Fsp3) is 0.615. The van der Waals surface area contributed by atoms with Gasteiger partial charge in [-0.05, 0) is 34.1 Å². The van der Waals surface area contributed by atoms with Crippen molar-refractivity contribution in [2.24, 2.45) is 0 Å². The zero-order chi connectivity index (χ0) is 14.2. The van der Waals surface area contributed by atoms with E-state index in [1.54, 1.807) is 11.6 Å². The van der Waals surface area contributed by atoms with Gasteiger partial charge in [-0.15, -0.1) is 0 Å². The van der Waals surface area contributed by atoms with Gasteiger partial charge in [0.05, 0.1) is 5.69 Å². The van der Waals surface area contributed by atoms with Crippen LogP contribution in [-0.4, -0.2) is 28.0 Å². The molecule has 0 saturated heterocycles. The summed E-state index contributed by atoms with van der Waals surface area (Å²) in [6, 6.07) is 2.12. The van der Waals surface area contributed by atoms with E-state index >= 15 is 0 Å². The first-order valence-electron chi connectivity index (χ1n) is 6.31. The Hall–Kier alpha value is -2.03. The summed E-state index contributed by atoms with van der Waals surface area (Å²) < 4.78 is 7.09. The molecule has 6 nitrogen and oxygen atoms in total. The Morgan fingerprint density at radius 2 is 2.11 bits per heavy atom. The molecule has 0 aliphatic carbocycles. The molecule has 19 heavy (non-hydrogen) atoms. The standard InChI is InChI=1S/C13H18N4O2/c1-9-10(8-14)11-16(6-5-7-17(11)15-9)12(18)19-13(2,3)4/h5-7H2,1-4H3. The number of hydrogen-bond acceptors (Lipinski definition) is 4. The minimum Gasteiger partial charge on any atom is -0.443 e. The second-order valence-electron chi connectivity index (χ2n) is 5.60. The number of nitrogens with zero attached hydrogens (tertiary/aromatic N) is 4. The Morgan fingerprint density at radius 1 is 1.42 bits per heavy atom. The van der Waals surface area contributed by atoms with Crippen LogP contribution < -0.4 is 4.90 Å². The van der Waals surface area contributed by atoms with Gasteiger partial charge >= 0.3 is 6.09 Å². The third kappa shape index (κ3) is 2.55. The largest absolute Gasteiger partial charge is 0.443 e. The number of anilines is 1. The molecule has 0 atom stereocenters. The van der Waals surface area contributed by atoms with Gasteiger partial charge in [0.25, 0.3) is 0 Å². The van der Waals surface area contributed by atoms with Gasteiger partial charge in [-0.3, -0.25) is 4.90 Å². The van der Waals surface area contributed by atoms with Crippen LogP contribution in [0.1, 0.15) is 38.4 Å². The monoisotopic (exact) mass is 262 g/mol. The SMILES string of the molecule is Cc1nn2c(c1C#N)N(C(=O)OC(C)(C)C)CCC2. The zero-order valence-electron chi connectivity index (χ0n) is 11.7. The molecule has 0 saturated carbocycles. The highest BCUT2D eigenvalue weighted by Crippen LogP contribution is 2.28. The van der Waals surface area contributed by atoms with E-state index in [2.05, 4.69) is 11.2 Å². The summed E-state index contributed by atoms with van der Waals surface area (Å²) in [5.41, 5.74) is 0.542. The number of aromatic nitrogens is 2. The normalized spacial score (nSPS) is 14.8. The molecule has 1 aliphatic heterocycles. The summed E-state index contributed by atoms with van der Waals surface area (Å²) in [5.74, 6) is 0.556. The number of hydrogen-bond donors (Lipinski definition) is 0. The van der Waals surface area contributed by atoms with E-state index in [0.717, 1.165) is 13.0 Å². The average molecular weight is 262 g/mol. The molecule has 6 heteroatoms. The Balaban J connectivity index is 2.37. The van der Waals surface area contributed by atoms with Crippen molar-refractivity contribution in [2.75, 3.05) is 11.4 Å². The number of rotatable bonds is 0. The van der Waals surface area contributed by atoms with E-state index in [4.69, 9.17) is 4.74 Å². The first-order chi connectivity index (χ1) is 8.83. The molecular formula is C13H18N4O2. The third-order valence-electron chi connectivity index (χ3n) is 2.83. The van der Waals surface area contributed by atoms with Gasteiger partial charge in [0.15, 0.2) is 5.82 Å². The Labute approximate surface area is 112 Å². The predicted molar refractivity (Wildman–Crippen MR) is 69.9 cm³/mol. The molecule has 2 heterocycles.